The van der Waals surface area contributed by atoms with E-state index in [-0.39, 0.29) is 18.2 Å². The molecule has 7 heteroatoms. The second-order valence-corrected chi connectivity index (χ2v) is 5.67. The van der Waals surface area contributed by atoms with Crippen LogP contribution in [-0.4, -0.2) is 55.7 Å². The summed E-state index contributed by atoms with van der Waals surface area (Å²) in [6, 6.07) is 0.0203. The van der Waals surface area contributed by atoms with E-state index in [2.05, 4.69) is 9.97 Å². The molecule has 0 spiro atoms. The van der Waals surface area contributed by atoms with E-state index < -0.39 is 6.10 Å². The molecule has 7 nitrogen and oxygen atoms in total. The molecule has 2 aromatic rings. The molecule has 0 unspecified atom stereocenters. The van der Waals surface area contributed by atoms with Crippen LogP contribution < -0.4 is 0 Å². The van der Waals surface area contributed by atoms with Crippen LogP contribution in [0.1, 0.15) is 11.9 Å². The van der Waals surface area contributed by atoms with Crippen molar-refractivity contribution in [2.45, 2.75) is 31.3 Å². The minimum Gasteiger partial charge on any atom is -0.388 e. The summed E-state index contributed by atoms with van der Waals surface area (Å²) in [7, 11) is 1.96. The second kappa shape index (κ2) is 4.66. The van der Waals surface area contributed by atoms with Gasteiger partial charge in [-0.15, -0.1) is 0 Å². The van der Waals surface area contributed by atoms with E-state index in [0.29, 0.717) is 13.2 Å². The SMILES string of the molecule is Cc1nc(-c2nccn2[C@H]2CO[C@H]3[C@@H]2OC[C@H]3O)cn1C. The molecule has 0 radical (unpaired) electrons. The summed E-state index contributed by atoms with van der Waals surface area (Å²) in [6.07, 6.45) is 4.74. The fraction of sp³-hybridized carbons (Fsp3) is 0.571. The van der Waals surface area contributed by atoms with Gasteiger partial charge in [-0.25, -0.2) is 9.97 Å². The highest BCUT2D eigenvalue weighted by atomic mass is 16.6. The monoisotopic (exact) mass is 290 g/mol. The van der Waals surface area contributed by atoms with Gasteiger partial charge in [0, 0.05) is 25.6 Å². The molecule has 21 heavy (non-hydrogen) atoms. The Labute approximate surface area is 122 Å². The van der Waals surface area contributed by atoms with Gasteiger partial charge in [0.25, 0.3) is 0 Å². The zero-order valence-electron chi connectivity index (χ0n) is 12.0. The predicted molar refractivity (Wildman–Crippen MR) is 73.7 cm³/mol. The number of ether oxygens (including phenoxy) is 2. The molecule has 0 aromatic carbocycles. The minimum absolute atomic E-state index is 0.0203. The van der Waals surface area contributed by atoms with E-state index in [4.69, 9.17) is 9.47 Å². The van der Waals surface area contributed by atoms with Gasteiger partial charge in [-0.3, -0.25) is 0 Å². The fourth-order valence-corrected chi connectivity index (χ4v) is 3.14. The van der Waals surface area contributed by atoms with Gasteiger partial charge in [-0.2, -0.15) is 0 Å². The van der Waals surface area contributed by atoms with E-state index in [1.54, 1.807) is 6.20 Å². The van der Waals surface area contributed by atoms with E-state index >= 15 is 0 Å². The lowest BCUT2D eigenvalue weighted by atomic mass is 10.1. The lowest BCUT2D eigenvalue weighted by Crippen LogP contribution is -2.30. The van der Waals surface area contributed by atoms with Crippen molar-refractivity contribution in [1.82, 2.24) is 19.1 Å². The maximum atomic E-state index is 9.85. The Morgan fingerprint density at radius 1 is 1.29 bits per heavy atom. The number of aromatic nitrogens is 4. The van der Waals surface area contributed by atoms with Gasteiger partial charge >= 0.3 is 0 Å². The average Bonchev–Trinajstić information content (AvgIpc) is 3.17. The topological polar surface area (TPSA) is 74.3 Å². The number of fused-ring (bicyclic) bond motifs is 1. The highest BCUT2D eigenvalue weighted by Gasteiger charge is 2.48. The van der Waals surface area contributed by atoms with Crippen molar-refractivity contribution in [3.63, 3.8) is 0 Å². The van der Waals surface area contributed by atoms with Gasteiger partial charge in [0.05, 0.1) is 19.3 Å². The Kier molecular flexibility index (Phi) is 2.88. The molecule has 0 amide bonds. The highest BCUT2D eigenvalue weighted by molar-refractivity contribution is 5.49. The first-order valence-corrected chi connectivity index (χ1v) is 7.09. The smallest absolute Gasteiger partial charge is 0.160 e. The molecule has 4 heterocycles. The number of nitrogens with zero attached hydrogens (tertiary/aromatic N) is 4. The van der Waals surface area contributed by atoms with Crippen molar-refractivity contribution in [2.24, 2.45) is 7.05 Å². The standard InChI is InChI=1S/C14H18N4O3/c1-8-16-9(5-17(8)2)14-15-3-4-18(14)10-6-20-13-11(19)7-21-12(10)13/h3-5,10-13,19H,6-7H2,1-2H3/t10-,11+,12+,13+/m0/s1. The number of aliphatic hydroxyl groups is 1. The number of rotatable bonds is 2. The molecule has 4 rings (SSSR count). The molecule has 0 saturated carbocycles. The summed E-state index contributed by atoms with van der Waals surface area (Å²) >= 11 is 0. The van der Waals surface area contributed by atoms with Crippen molar-refractivity contribution >= 4 is 0 Å². The molecule has 0 aliphatic carbocycles. The number of aliphatic hydroxyl groups excluding tert-OH is 1. The van der Waals surface area contributed by atoms with Crippen LogP contribution >= 0.6 is 0 Å². The maximum absolute atomic E-state index is 9.85. The Bertz CT molecular complexity index is 645. The van der Waals surface area contributed by atoms with Gasteiger partial charge in [-0.05, 0) is 6.92 Å². The second-order valence-electron chi connectivity index (χ2n) is 5.67. The Hall–Kier alpha value is -1.70. The van der Waals surface area contributed by atoms with Gasteiger partial charge in [0.1, 0.15) is 29.8 Å². The molecule has 2 fully saturated rings. The number of hydrogen-bond donors (Lipinski definition) is 1. The van der Waals surface area contributed by atoms with Gasteiger partial charge in [0.2, 0.25) is 0 Å². The van der Waals surface area contributed by atoms with Crippen LogP contribution in [0.4, 0.5) is 0 Å². The third kappa shape index (κ3) is 1.92. The minimum atomic E-state index is -0.538. The summed E-state index contributed by atoms with van der Waals surface area (Å²) in [6.45, 7) is 2.81. The van der Waals surface area contributed by atoms with E-state index in [9.17, 15) is 5.11 Å². The Balaban J connectivity index is 1.70. The summed E-state index contributed by atoms with van der Waals surface area (Å²) < 4.78 is 15.4. The van der Waals surface area contributed by atoms with Crippen LogP contribution in [0.15, 0.2) is 18.6 Å². The first-order chi connectivity index (χ1) is 10.1. The van der Waals surface area contributed by atoms with Crippen molar-refractivity contribution < 1.29 is 14.6 Å². The zero-order chi connectivity index (χ0) is 14.6. The molecule has 112 valence electrons. The molecular weight excluding hydrogens is 272 g/mol. The van der Waals surface area contributed by atoms with E-state index in [1.807, 2.05) is 35.5 Å². The molecule has 4 atom stereocenters. The Morgan fingerprint density at radius 2 is 2.10 bits per heavy atom. The van der Waals surface area contributed by atoms with E-state index in [1.165, 1.54) is 0 Å². The number of hydrogen-bond acceptors (Lipinski definition) is 5. The summed E-state index contributed by atoms with van der Waals surface area (Å²) in [5.41, 5.74) is 0.835. The molecule has 2 saturated heterocycles. The van der Waals surface area contributed by atoms with Crippen molar-refractivity contribution in [3.05, 3.63) is 24.4 Å². The average molecular weight is 290 g/mol. The van der Waals surface area contributed by atoms with Crippen LogP contribution in [0.3, 0.4) is 0 Å². The number of imidazole rings is 2. The lowest BCUT2D eigenvalue weighted by molar-refractivity contribution is 0.0172. The molecule has 0 bridgehead atoms. The number of aryl methyl sites for hydroxylation is 2. The van der Waals surface area contributed by atoms with Gasteiger partial charge in [0.15, 0.2) is 5.82 Å². The molecule has 1 N–H and O–H groups in total. The normalized spacial score (nSPS) is 31.8. The quantitative estimate of drug-likeness (QED) is 0.860. The summed E-state index contributed by atoms with van der Waals surface area (Å²) in [5, 5.41) is 9.85. The van der Waals surface area contributed by atoms with E-state index in [0.717, 1.165) is 17.3 Å². The van der Waals surface area contributed by atoms with Crippen molar-refractivity contribution in [2.75, 3.05) is 13.2 Å². The third-order valence-electron chi connectivity index (χ3n) is 4.36. The fourth-order valence-electron chi connectivity index (χ4n) is 3.14. The van der Waals surface area contributed by atoms with Crippen LogP contribution in [0.25, 0.3) is 11.5 Å². The predicted octanol–water partition coefficient (Wildman–Crippen LogP) is 0.292. The van der Waals surface area contributed by atoms with Crippen LogP contribution in [0, 0.1) is 6.92 Å². The first-order valence-electron chi connectivity index (χ1n) is 7.09. The molecular formula is C14H18N4O3. The Morgan fingerprint density at radius 3 is 2.86 bits per heavy atom. The summed E-state index contributed by atoms with van der Waals surface area (Å²) in [4.78, 5) is 8.97. The van der Waals surface area contributed by atoms with Crippen LogP contribution in [0.5, 0.6) is 0 Å². The van der Waals surface area contributed by atoms with Crippen molar-refractivity contribution in [1.29, 1.82) is 0 Å². The van der Waals surface area contributed by atoms with Crippen molar-refractivity contribution in [3.8, 4) is 11.5 Å². The zero-order valence-corrected chi connectivity index (χ0v) is 12.0. The van der Waals surface area contributed by atoms with Crippen LogP contribution in [-0.2, 0) is 16.5 Å². The largest absolute Gasteiger partial charge is 0.388 e. The maximum Gasteiger partial charge on any atom is 0.160 e. The summed E-state index contributed by atoms with van der Waals surface area (Å²) in [5.74, 6) is 1.74. The van der Waals surface area contributed by atoms with Crippen LogP contribution in [0.2, 0.25) is 0 Å². The lowest BCUT2D eigenvalue weighted by Gasteiger charge is -2.19. The molecule has 2 aliphatic heterocycles. The third-order valence-corrected chi connectivity index (χ3v) is 4.36. The highest BCUT2D eigenvalue weighted by Crippen LogP contribution is 2.36. The first kappa shape index (κ1) is 13.0. The molecule has 2 aliphatic rings. The van der Waals surface area contributed by atoms with Gasteiger partial charge in [-0.1, -0.05) is 0 Å². The molecule has 2 aromatic heterocycles. The van der Waals surface area contributed by atoms with Gasteiger partial charge < -0.3 is 23.7 Å².